The van der Waals surface area contributed by atoms with E-state index in [1.54, 1.807) is 17.9 Å². The number of nitrogens with zero attached hydrogens (tertiary/aromatic N) is 1. The van der Waals surface area contributed by atoms with Crippen LogP contribution < -0.4 is 10.1 Å². The first-order valence-corrected chi connectivity index (χ1v) is 11.6. The molecular weight excluding hydrogens is 431 g/mol. The van der Waals surface area contributed by atoms with Crippen molar-refractivity contribution in [2.75, 3.05) is 6.54 Å². The molecule has 3 aromatic rings. The molecule has 0 bridgehead atoms. The zero-order valence-corrected chi connectivity index (χ0v) is 19.5. The maximum absolute atomic E-state index is 14.1. The van der Waals surface area contributed by atoms with E-state index in [4.69, 9.17) is 4.74 Å². The van der Waals surface area contributed by atoms with Crippen LogP contribution in [0.25, 0.3) is 0 Å². The Morgan fingerprint density at radius 1 is 1.09 bits per heavy atom. The first-order chi connectivity index (χ1) is 16.5. The minimum atomic E-state index is -0.702. The van der Waals surface area contributed by atoms with Crippen molar-refractivity contribution >= 4 is 11.8 Å². The van der Waals surface area contributed by atoms with Gasteiger partial charge in [-0.1, -0.05) is 55.5 Å². The monoisotopic (exact) mass is 460 g/mol. The molecule has 0 saturated carbocycles. The number of rotatable bonds is 7. The van der Waals surface area contributed by atoms with Crippen molar-refractivity contribution in [2.45, 2.75) is 45.4 Å². The van der Waals surface area contributed by atoms with Gasteiger partial charge < -0.3 is 15.0 Å². The van der Waals surface area contributed by atoms with Crippen LogP contribution in [0.2, 0.25) is 0 Å². The Labute approximate surface area is 199 Å². The van der Waals surface area contributed by atoms with E-state index in [1.807, 2.05) is 61.5 Å². The number of carbonyl (C=O) groups is 2. The van der Waals surface area contributed by atoms with E-state index in [0.29, 0.717) is 37.2 Å². The Bertz CT molecular complexity index is 1170. The Morgan fingerprint density at radius 3 is 2.62 bits per heavy atom. The second kappa shape index (κ2) is 10.5. The van der Waals surface area contributed by atoms with E-state index in [1.165, 1.54) is 12.1 Å². The third-order valence-electron chi connectivity index (χ3n) is 6.12. The van der Waals surface area contributed by atoms with Gasteiger partial charge in [0.05, 0.1) is 6.04 Å². The van der Waals surface area contributed by atoms with Crippen LogP contribution in [-0.4, -0.2) is 29.4 Å². The molecule has 1 heterocycles. The number of halogens is 1. The van der Waals surface area contributed by atoms with Crippen molar-refractivity contribution in [3.05, 3.63) is 101 Å². The van der Waals surface area contributed by atoms with Crippen molar-refractivity contribution in [2.24, 2.45) is 0 Å². The van der Waals surface area contributed by atoms with Gasteiger partial charge in [-0.15, -0.1) is 0 Å². The van der Waals surface area contributed by atoms with Crippen LogP contribution in [-0.2, 0) is 22.6 Å². The molecule has 0 aromatic heterocycles. The molecule has 0 saturated heterocycles. The standard InChI is InChI=1S/C28H29FN2O3/c1-3-26(32)31-15-14-21-12-13-24(17-25(21)27(31)22-10-7-11-23(29)16-22)34-19(2)28(33)30-18-20-8-5-4-6-9-20/h4-13,16-17,19,27H,3,14-15,18H2,1-2H3,(H,30,33)/t19-,27-/m1/s1. The molecule has 0 fully saturated rings. The highest BCUT2D eigenvalue weighted by molar-refractivity contribution is 5.80. The summed E-state index contributed by atoms with van der Waals surface area (Å²) < 4.78 is 20.0. The molecule has 0 radical (unpaired) electrons. The molecule has 2 atom stereocenters. The van der Waals surface area contributed by atoms with E-state index >= 15 is 0 Å². The molecule has 0 unspecified atom stereocenters. The summed E-state index contributed by atoms with van der Waals surface area (Å²) in [7, 11) is 0. The van der Waals surface area contributed by atoms with Crippen LogP contribution in [0.4, 0.5) is 4.39 Å². The van der Waals surface area contributed by atoms with Crippen molar-refractivity contribution in [3.8, 4) is 5.75 Å². The fourth-order valence-corrected chi connectivity index (χ4v) is 4.36. The highest BCUT2D eigenvalue weighted by Gasteiger charge is 2.32. The third kappa shape index (κ3) is 5.28. The van der Waals surface area contributed by atoms with Gasteiger partial charge in [-0.25, -0.2) is 4.39 Å². The zero-order valence-electron chi connectivity index (χ0n) is 19.5. The minimum Gasteiger partial charge on any atom is -0.481 e. The van der Waals surface area contributed by atoms with E-state index in [2.05, 4.69) is 5.32 Å². The Kier molecular flexibility index (Phi) is 7.26. The van der Waals surface area contributed by atoms with E-state index in [-0.39, 0.29) is 17.6 Å². The quantitative estimate of drug-likeness (QED) is 0.551. The van der Waals surface area contributed by atoms with Gasteiger partial charge in [0, 0.05) is 19.5 Å². The maximum atomic E-state index is 14.1. The highest BCUT2D eigenvalue weighted by atomic mass is 19.1. The number of ether oxygens (including phenoxy) is 1. The predicted molar refractivity (Wildman–Crippen MR) is 129 cm³/mol. The molecule has 2 amide bonds. The van der Waals surface area contributed by atoms with Crippen LogP contribution in [0.1, 0.15) is 48.6 Å². The SMILES string of the molecule is CCC(=O)N1CCc2ccc(O[C@H](C)C(=O)NCc3ccccc3)cc2[C@H]1c1cccc(F)c1. The predicted octanol–water partition coefficient (Wildman–Crippen LogP) is 4.79. The Morgan fingerprint density at radius 2 is 1.88 bits per heavy atom. The highest BCUT2D eigenvalue weighted by Crippen LogP contribution is 2.37. The number of carbonyl (C=O) groups excluding carboxylic acids is 2. The van der Waals surface area contributed by atoms with Gasteiger partial charge in [0.15, 0.2) is 6.10 Å². The average molecular weight is 461 g/mol. The lowest BCUT2D eigenvalue weighted by atomic mass is 9.87. The van der Waals surface area contributed by atoms with Crippen molar-refractivity contribution in [1.29, 1.82) is 0 Å². The smallest absolute Gasteiger partial charge is 0.261 e. The summed E-state index contributed by atoms with van der Waals surface area (Å²) in [5.74, 6) is -0.0103. The second-order valence-electron chi connectivity index (χ2n) is 8.47. The molecule has 176 valence electrons. The van der Waals surface area contributed by atoms with Crippen LogP contribution in [0.5, 0.6) is 5.75 Å². The Hall–Kier alpha value is -3.67. The summed E-state index contributed by atoms with van der Waals surface area (Å²) in [5, 5.41) is 2.89. The first-order valence-electron chi connectivity index (χ1n) is 11.6. The van der Waals surface area contributed by atoms with Crippen LogP contribution in [0.15, 0.2) is 72.8 Å². The lowest BCUT2D eigenvalue weighted by molar-refractivity contribution is -0.133. The van der Waals surface area contributed by atoms with E-state index in [0.717, 1.165) is 16.7 Å². The van der Waals surface area contributed by atoms with Gasteiger partial charge in [-0.3, -0.25) is 9.59 Å². The van der Waals surface area contributed by atoms with Gasteiger partial charge in [0.25, 0.3) is 5.91 Å². The maximum Gasteiger partial charge on any atom is 0.261 e. The molecule has 1 aliphatic rings. The Balaban J connectivity index is 1.56. The molecule has 1 aliphatic heterocycles. The average Bonchev–Trinajstić information content (AvgIpc) is 2.86. The molecule has 6 heteroatoms. The normalized spacial score (nSPS) is 15.9. The summed E-state index contributed by atoms with van der Waals surface area (Å²) in [6.07, 6.45) is 0.377. The van der Waals surface area contributed by atoms with Crippen LogP contribution in [0.3, 0.4) is 0 Å². The molecule has 5 nitrogen and oxygen atoms in total. The van der Waals surface area contributed by atoms with Gasteiger partial charge >= 0.3 is 0 Å². The van der Waals surface area contributed by atoms with Crippen molar-refractivity contribution in [3.63, 3.8) is 0 Å². The van der Waals surface area contributed by atoms with Gasteiger partial charge in [-0.05, 0) is 59.9 Å². The summed E-state index contributed by atoms with van der Waals surface area (Å²) in [4.78, 5) is 27.1. The van der Waals surface area contributed by atoms with E-state index < -0.39 is 12.1 Å². The number of nitrogens with one attached hydrogen (secondary N) is 1. The third-order valence-corrected chi connectivity index (χ3v) is 6.12. The molecule has 0 spiro atoms. The number of benzene rings is 3. The summed E-state index contributed by atoms with van der Waals surface area (Å²) in [6, 6.07) is 21.3. The van der Waals surface area contributed by atoms with Gasteiger partial charge in [-0.2, -0.15) is 0 Å². The zero-order chi connectivity index (χ0) is 24.1. The molecule has 34 heavy (non-hydrogen) atoms. The molecule has 0 aliphatic carbocycles. The summed E-state index contributed by atoms with van der Waals surface area (Å²) in [6.45, 7) is 4.53. The lowest BCUT2D eigenvalue weighted by Gasteiger charge is -2.38. The number of hydrogen-bond acceptors (Lipinski definition) is 3. The lowest BCUT2D eigenvalue weighted by Crippen LogP contribution is -2.40. The van der Waals surface area contributed by atoms with Crippen LogP contribution in [0, 0.1) is 5.82 Å². The van der Waals surface area contributed by atoms with Crippen molar-refractivity contribution in [1.82, 2.24) is 10.2 Å². The second-order valence-corrected chi connectivity index (χ2v) is 8.47. The fraction of sp³-hybridized carbons (Fsp3) is 0.286. The minimum absolute atomic E-state index is 0.0138. The topological polar surface area (TPSA) is 58.6 Å². The number of fused-ring (bicyclic) bond motifs is 1. The molecule has 4 rings (SSSR count). The van der Waals surface area contributed by atoms with Crippen LogP contribution >= 0.6 is 0 Å². The summed E-state index contributed by atoms with van der Waals surface area (Å²) >= 11 is 0. The largest absolute Gasteiger partial charge is 0.481 e. The molecule has 1 N–H and O–H groups in total. The summed E-state index contributed by atoms with van der Waals surface area (Å²) in [5.41, 5.74) is 3.71. The molecule has 3 aromatic carbocycles. The first kappa shape index (κ1) is 23.5. The van der Waals surface area contributed by atoms with E-state index in [9.17, 15) is 14.0 Å². The van der Waals surface area contributed by atoms with Gasteiger partial charge in [0.2, 0.25) is 5.91 Å². The number of hydrogen-bond donors (Lipinski definition) is 1. The van der Waals surface area contributed by atoms with Gasteiger partial charge in [0.1, 0.15) is 11.6 Å². The number of amides is 2. The van der Waals surface area contributed by atoms with Crippen molar-refractivity contribution < 1.29 is 18.7 Å². The fourth-order valence-electron chi connectivity index (χ4n) is 4.36. The molecular formula is C28H29FN2O3.